The number of pyridine rings is 1. The number of methoxy groups -OCH3 is 3. The Morgan fingerprint density at radius 2 is 1.43 bits per heavy atom. The lowest BCUT2D eigenvalue weighted by molar-refractivity contribution is -0.216. The van der Waals surface area contributed by atoms with Gasteiger partial charge in [0.2, 0.25) is 0 Å². The van der Waals surface area contributed by atoms with Gasteiger partial charge in [0.1, 0.15) is 16.3 Å². The molecule has 2 unspecified atom stereocenters. The number of alkyl halides is 3. The van der Waals surface area contributed by atoms with Crippen molar-refractivity contribution in [1.82, 2.24) is 54.3 Å². The molecule has 1 aliphatic heterocycles. The van der Waals surface area contributed by atoms with Crippen LogP contribution in [0, 0.1) is 13.8 Å². The number of carbonyl (C=O) groups excluding carboxylic acids is 5. The van der Waals surface area contributed by atoms with Crippen molar-refractivity contribution in [2.75, 3.05) is 52.5 Å². The van der Waals surface area contributed by atoms with Crippen molar-refractivity contribution in [2.24, 2.45) is 0 Å². The number of ether oxygens (including phenoxy) is 4. The summed E-state index contributed by atoms with van der Waals surface area (Å²) in [6.07, 6.45) is 4.19. The van der Waals surface area contributed by atoms with E-state index >= 15 is 0 Å². The highest BCUT2D eigenvalue weighted by Gasteiger charge is 2.48. The van der Waals surface area contributed by atoms with Crippen LogP contribution in [0.5, 0.6) is 5.75 Å². The van der Waals surface area contributed by atoms with E-state index in [1.54, 1.807) is 69.4 Å². The van der Waals surface area contributed by atoms with Crippen molar-refractivity contribution in [3.63, 3.8) is 0 Å². The van der Waals surface area contributed by atoms with Crippen LogP contribution in [0.4, 0.5) is 18.9 Å². The minimum Gasteiger partial charge on any atom is -0.494 e. The zero-order valence-corrected chi connectivity index (χ0v) is 60.8. The molecule has 0 spiro atoms. The molecule has 29 heteroatoms. The molecule has 1 saturated heterocycles. The van der Waals surface area contributed by atoms with Crippen LogP contribution in [-0.2, 0) is 27.3 Å². The summed E-state index contributed by atoms with van der Waals surface area (Å²) in [6.45, 7) is 8.65. The predicted molar refractivity (Wildman–Crippen MR) is 383 cm³/mol. The Kier molecular flexibility index (Phi) is 26.9. The molecule has 2 N–H and O–H groups in total. The third-order valence-electron chi connectivity index (χ3n) is 16.0. The molecule has 7 heterocycles. The highest BCUT2D eigenvalue weighted by molar-refractivity contribution is 9.11. The van der Waals surface area contributed by atoms with Crippen LogP contribution in [0.3, 0.4) is 0 Å². The second-order valence-corrected chi connectivity index (χ2v) is 26.5. The molecule has 4 aromatic carbocycles. The summed E-state index contributed by atoms with van der Waals surface area (Å²) >= 11 is 14.4. The minimum absolute atomic E-state index is 0.0137. The first-order chi connectivity index (χ1) is 48.6. The summed E-state index contributed by atoms with van der Waals surface area (Å²) in [4.78, 5) is 70.1. The van der Waals surface area contributed by atoms with E-state index in [9.17, 15) is 42.3 Å². The summed E-state index contributed by atoms with van der Waals surface area (Å²) < 4.78 is 67.3. The second kappa shape index (κ2) is 35.8. The van der Waals surface area contributed by atoms with E-state index in [2.05, 4.69) is 69.5 Å². The molecule has 0 bridgehead atoms. The highest BCUT2D eigenvalue weighted by atomic mass is 79.9. The summed E-state index contributed by atoms with van der Waals surface area (Å²) in [6, 6.07) is 41.1. The second-order valence-electron chi connectivity index (χ2n) is 23.2. The number of aromatic nitrogens is 9. The van der Waals surface area contributed by atoms with Crippen molar-refractivity contribution in [1.29, 1.82) is 0 Å². The van der Waals surface area contributed by atoms with Crippen LogP contribution >= 0.6 is 54.8 Å². The first kappa shape index (κ1) is 75.9. The fourth-order valence-corrected chi connectivity index (χ4v) is 13.1. The van der Waals surface area contributed by atoms with E-state index in [0.29, 0.717) is 88.1 Å². The maximum Gasteiger partial charge on any atom is 0.416 e. The van der Waals surface area contributed by atoms with Crippen molar-refractivity contribution in [3.8, 4) is 22.8 Å². The van der Waals surface area contributed by atoms with Crippen LogP contribution in [0.1, 0.15) is 130 Å². The summed E-state index contributed by atoms with van der Waals surface area (Å²) in [5.74, 6) is -0.870. The number of thiophene rings is 1. The number of anilines is 1. The zero-order chi connectivity index (χ0) is 72.3. The number of nitrogens with one attached hydrogen (secondary N) is 1. The molecular formula is C72H74Br2ClF3N12O10S. The Hall–Kier alpha value is -9.32. The number of likely N-dealkylation sites (tertiary alicyclic amines) is 1. The Morgan fingerprint density at radius 3 is 2.11 bits per heavy atom. The number of para-hydroxylation sites is 2. The molecule has 2 atom stereocenters. The fraction of sp³-hybridized carbons (Fsp3) is 0.306. The van der Waals surface area contributed by atoms with Gasteiger partial charge in [-0.3, -0.25) is 24.0 Å². The Bertz CT molecular complexity index is 4450. The number of hydrogen-bond donors (Lipinski definition) is 2. The number of aliphatic hydroxyl groups is 1. The van der Waals surface area contributed by atoms with Gasteiger partial charge >= 0.3 is 18.1 Å². The Labute approximate surface area is 607 Å². The third kappa shape index (κ3) is 20.0. The molecule has 1 aliphatic carbocycles. The van der Waals surface area contributed by atoms with Crippen molar-refractivity contribution in [3.05, 3.63) is 233 Å². The fourth-order valence-electron chi connectivity index (χ4n) is 10.7. The number of esters is 2. The Morgan fingerprint density at radius 1 is 0.752 bits per heavy atom. The molecule has 10 aromatic rings. The minimum atomic E-state index is -4.78. The van der Waals surface area contributed by atoms with Gasteiger partial charge in [-0.05, 0) is 180 Å². The summed E-state index contributed by atoms with van der Waals surface area (Å²) in [5, 5.41) is 30.4. The van der Waals surface area contributed by atoms with Gasteiger partial charge in [0.25, 0.3) is 17.7 Å². The average molecular weight is 1550 g/mol. The van der Waals surface area contributed by atoms with E-state index in [0.717, 1.165) is 79.5 Å². The predicted octanol–water partition coefficient (Wildman–Crippen LogP) is 14.2. The van der Waals surface area contributed by atoms with Crippen LogP contribution in [-0.4, -0.2) is 150 Å². The molecule has 530 valence electrons. The van der Waals surface area contributed by atoms with Crippen LogP contribution in [0.2, 0.25) is 5.02 Å². The lowest BCUT2D eigenvalue weighted by atomic mass is 10.1. The maximum atomic E-state index is 13.2. The van der Waals surface area contributed by atoms with Crippen LogP contribution in [0.15, 0.2) is 173 Å². The molecule has 101 heavy (non-hydrogen) atoms. The van der Waals surface area contributed by atoms with Crippen molar-refractivity contribution in [2.45, 2.75) is 96.6 Å². The average Bonchev–Trinajstić information content (AvgIpc) is 1.63. The number of carbonyl (C=O) groups is 5. The van der Waals surface area contributed by atoms with E-state index in [4.69, 9.17) is 30.5 Å². The van der Waals surface area contributed by atoms with Gasteiger partial charge in [-0.25, -0.2) is 23.6 Å². The van der Waals surface area contributed by atoms with Crippen molar-refractivity contribution < 1.29 is 61.2 Å². The van der Waals surface area contributed by atoms with Gasteiger partial charge in [0.05, 0.1) is 80.0 Å². The van der Waals surface area contributed by atoms with Gasteiger partial charge < -0.3 is 39.2 Å². The molecule has 0 radical (unpaired) electrons. The van der Waals surface area contributed by atoms with Gasteiger partial charge in [-0.15, -0.1) is 11.3 Å². The number of aryl methyl sites for hydroxylation is 2. The lowest BCUT2D eigenvalue weighted by Gasteiger charge is -2.29. The number of hydrogen-bond acceptors (Lipinski definition) is 16. The topological polar surface area (TPSA) is 245 Å². The number of unbranched alkanes of at least 4 members (excludes halogenated alkanes) is 1. The quantitative estimate of drug-likeness (QED) is 0.0473. The van der Waals surface area contributed by atoms with Gasteiger partial charge in [0.15, 0.2) is 28.9 Å². The van der Waals surface area contributed by atoms with E-state index in [1.165, 1.54) is 43.4 Å². The number of aliphatic hydroxyl groups excluding tert-OH is 1. The zero-order valence-electron chi connectivity index (χ0n) is 56.0. The lowest BCUT2D eigenvalue weighted by Crippen LogP contribution is -2.49. The molecule has 2 aliphatic rings. The summed E-state index contributed by atoms with van der Waals surface area (Å²) in [7, 11) is 4.23. The largest absolute Gasteiger partial charge is 0.494 e. The molecule has 2 fully saturated rings. The van der Waals surface area contributed by atoms with E-state index in [1.807, 2.05) is 122 Å². The number of benzene rings is 4. The molecule has 1 saturated carbocycles. The van der Waals surface area contributed by atoms with Gasteiger partial charge in [-0.2, -0.15) is 33.6 Å². The first-order valence-corrected chi connectivity index (χ1v) is 34.9. The molecular weight excluding hydrogens is 1480 g/mol. The first-order valence-electron chi connectivity index (χ1n) is 32.1. The third-order valence-corrected chi connectivity index (χ3v) is 18.8. The number of nitrogens with zero attached hydrogens (tertiary/aromatic N) is 11. The smallest absolute Gasteiger partial charge is 0.416 e. The monoisotopic (exact) mass is 1550 g/mol. The number of halogens is 6. The van der Waals surface area contributed by atoms with E-state index < -0.39 is 30.2 Å². The van der Waals surface area contributed by atoms with Gasteiger partial charge in [-0.1, -0.05) is 73.5 Å². The highest BCUT2D eigenvalue weighted by Crippen LogP contribution is 2.45. The van der Waals surface area contributed by atoms with Crippen LogP contribution < -0.4 is 15.0 Å². The summed E-state index contributed by atoms with van der Waals surface area (Å²) in [5.41, 5.74) is 7.95. The molecule has 12 rings (SSSR count). The normalized spacial score (nSPS) is 13.5. The molecule has 3 amide bonds. The Balaban J connectivity index is 0.000000157. The molecule has 6 aromatic heterocycles. The number of amides is 3. The molecule has 22 nitrogen and oxygen atoms in total. The number of rotatable bonds is 22. The van der Waals surface area contributed by atoms with E-state index in [-0.39, 0.29) is 36.4 Å². The SMILES string of the molecule is CCCCOCCN(C(=O)c1ccn(-c2ccccc2)n1)c1ccccc1Br.COC(=O)c1cc(Cn2nc(C(=O)OC)c(Br)c2C2CC2)c(C)s1.COc1ccc(C)cc1-n1ccc(C(=O)N2CCCC2C(O)C(F)(F)F)n1.O=C(NCc1ccccn1)c1ccn(-c2cccc(Cl)c2)n1. The van der Waals surface area contributed by atoms with Crippen LogP contribution in [0.25, 0.3) is 17.1 Å². The maximum absolute atomic E-state index is 13.2. The van der Waals surface area contributed by atoms with Crippen molar-refractivity contribution >= 4 is 90.1 Å². The standard InChI is InChI=1S/C22H24BrN3O2.C18H20F3N3O3.C16H17BrN2O4S.C16H13ClN4O/c1-2-3-16-28-17-15-25(21-12-8-7-11-19(21)23)22(27)20-13-14-26(24-20)18-9-5-4-6-10-18;1-11-5-6-15(27-2)14(10-11)24-9-7-12(22-24)17(26)23-8-3-4-13(23)16(25)18(19,20)21;1-8-10(6-11(24-8)15(20)22-2)7-19-14(9-4-5-9)12(17)13(18-19)16(21)23-3;17-12-4-3-6-14(10-12)21-9-7-15(20-21)16(22)19-11-13-5-1-2-8-18-13/h4-14H,2-3,15-17H2,1H3;5-7,9-10,13,16,25H,3-4,8H2,1-2H3;6,9H,4-5,7H2,1-3H3;1-10H,11H2,(H,19,22). The van der Waals surface area contributed by atoms with Gasteiger partial charge in [0, 0.05) is 64.8 Å².